The summed E-state index contributed by atoms with van der Waals surface area (Å²) in [6, 6.07) is 5.15. The van der Waals surface area contributed by atoms with E-state index < -0.39 is 0 Å². The maximum Gasteiger partial charge on any atom is 0.257 e. The van der Waals surface area contributed by atoms with Crippen LogP contribution < -0.4 is 0 Å². The van der Waals surface area contributed by atoms with Crippen molar-refractivity contribution in [3.8, 4) is 0 Å². The topological polar surface area (TPSA) is 20.3 Å². The number of hydrogen-bond donors (Lipinski definition) is 0. The van der Waals surface area contributed by atoms with Crippen molar-refractivity contribution in [1.29, 1.82) is 0 Å². The van der Waals surface area contributed by atoms with Gasteiger partial charge in [-0.05, 0) is 50.7 Å². The van der Waals surface area contributed by atoms with Crippen molar-refractivity contribution in [3.63, 3.8) is 0 Å². The molecule has 1 amide bonds. The number of likely N-dealkylation sites (tertiary alicyclic amines) is 1. The van der Waals surface area contributed by atoms with E-state index in [1.165, 1.54) is 38.2 Å². The number of hydrogen-bond acceptors (Lipinski definition) is 1. The monoisotopic (exact) mass is 289 g/mol. The SMILES string of the molecule is Cc1ccc(F)c(C(=O)N2CCCC2C2CCCCC2)c1. The Balaban J connectivity index is 1.80. The van der Waals surface area contributed by atoms with Crippen molar-refractivity contribution in [3.05, 3.63) is 35.1 Å². The first-order valence-electron chi connectivity index (χ1n) is 8.24. The highest BCUT2D eigenvalue weighted by atomic mass is 19.1. The van der Waals surface area contributed by atoms with Gasteiger partial charge < -0.3 is 4.90 Å². The molecule has 1 aliphatic carbocycles. The average molecular weight is 289 g/mol. The summed E-state index contributed by atoms with van der Waals surface area (Å²) in [6.45, 7) is 2.69. The molecule has 2 aliphatic rings. The van der Waals surface area contributed by atoms with Gasteiger partial charge in [0, 0.05) is 12.6 Å². The summed E-state index contributed by atoms with van der Waals surface area (Å²) >= 11 is 0. The van der Waals surface area contributed by atoms with Gasteiger partial charge >= 0.3 is 0 Å². The van der Waals surface area contributed by atoms with Gasteiger partial charge in [0.15, 0.2) is 0 Å². The summed E-state index contributed by atoms with van der Waals surface area (Å²) in [6.07, 6.45) is 8.48. The lowest BCUT2D eigenvalue weighted by Crippen LogP contribution is -2.41. The Labute approximate surface area is 126 Å². The van der Waals surface area contributed by atoms with E-state index in [9.17, 15) is 9.18 Å². The molecule has 2 nitrogen and oxygen atoms in total. The van der Waals surface area contributed by atoms with Crippen LogP contribution in [-0.4, -0.2) is 23.4 Å². The molecule has 3 rings (SSSR count). The van der Waals surface area contributed by atoms with Gasteiger partial charge in [-0.25, -0.2) is 4.39 Å². The molecular formula is C18H24FNO. The molecule has 1 atom stereocenters. The summed E-state index contributed by atoms with van der Waals surface area (Å²) in [4.78, 5) is 14.7. The minimum absolute atomic E-state index is 0.107. The number of rotatable bonds is 2. The summed E-state index contributed by atoms with van der Waals surface area (Å²) in [7, 11) is 0. The number of aryl methyl sites for hydroxylation is 1. The number of benzene rings is 1. The van der Waals surface area contributed by atoms with E-state index in [4.69, 9.17) is 0 Å². The van der Waals surface area contributed by atoms with Crippen molar-refractivity contribution in [2.45, 2.75) is 57.9 Å². The second-order valence-electron chi connectivity index (χ2n) is 6.59. The highest BCUT2D eigenvalue weighted by molar-refractivity contribution is 5.95. The Bertz CT molecular complexity index is 522. The molecule has 1 unspecified atom stereocenters. The first-order valence-corrected chi connectivity index (χ1v) is 8.24. The predicted octanol–water partition coefficient (Wildman–Crippen LogP) is 4.32. The first-order chi connectivity index (χ1) is 10.2. The largest absolute Gasteiger partial charge is 0.335 e. The van der Waals surface area contributed by atoms with Crippen LogP contribution in [0, 0.1) is 18.7 Å². The number of nitrogens with zero attached hydrogens (tertiary/aromatic N) is 1. The van der Waals surface area contributed by atoms with Crippen molar-refractivity contribution in [2.75, 3.05) is 6.54 Å². The second kappa shape index (κ2) is 6.17. The third kappa shape index (κ3) is 2.97. The van der Waals surface area contributed by atoms with Crippen LogP contribution in [0.1, 0.15) is 60.9 Å². The number of amides is 1. The molecule has 1 aromatic carbocycles. The minimum atomic E-state index is -0.389. The fourth-order valence-electron chi connectivity index (χ4n) is 4.01. The van der Waals surface area contributed by atoms with Gasteiger partial charge in [0.25, 0.3) is 5.91 Å². The molecule has 0 bridgehead atoms. The van der Waals surface area contributed by atoms with Gasteiger partial charge in [0.1, 0.15) is 5.82 Å². The van der Waals surface area contributed by atoms with Crippen molar-refractivity contribution in [2.24, 2.45) is 5.92 Å². The van der Waals surface area contributed by atoms with Gasteiger partial charge in [-0.2, -0.15) is 0 Å². The van der Waals surface area contributed by atoms with E-state index in [2.05, 4.69) is 0 Å². The van der Waals surface area contributed by atoms with Crippen LogP contribution in [0.2, 0.25) is 0 Å². The smallest absolute Gasteiger partial charge is 0.257 e. The summed E-state index contributed by atoms with van der Waals surface area (Å²) in [5.74, 6) is 0.127. The fraction of sp³-hybridized carbons (Fsp3) is 0.611. The normalized spacial score (nSPS) is 23.5. The number of carbonyl (C=O) groups is 1. The minimum Gasteiger partial charge on any atom is -0.335 e. The third-order valence-electron chi connectivity index (χ3n) is 5.11. The highest BCUT2D eigenvalue weighted by Crippen LogP contribution is 2.35. The van der Waals surface area contributed by atoms with Crippen LogP contribution in [0.5, 0.6) is 0 Å². The Morgan fingerprint density at radius 1 is 1.14 bits per heavy atom. The molecule has 0 N–H and O–H groups in total. The van der Waals surface area contributed by atoms with Gasteiger partial charge in [0.2, 0.25) is 0 Å². The first kappa shape index (κ1) is 14.6. The molecule has 2 fully saturated rings. The molecule has 21 heavy (non-hydrogen) atoms. The Morgan fingerprint density at radius 2 is 1.90 bits per heavy atom. The van der Waals surface area contributed by atoms with E-state index in [1.807, 2.05) is 11.8 Å². The lowest BCUT2D eigenvalue weighted by molar-refractivity contribution is 0.0656. The highest BCUT2D eigenvalue weighted by Gasteiger charge is 2.36. The van der Waals surface area contributed by atoms with Crippen LogP contribution in [0.15, 0.2) is 18.2 Å². The van der Waals surface area contributed by atoms with Crippen LogP contribution in [0.25, 0.3) is 0 Å². The summed E-state index contributed by atoms with van der Waals surface area (Å²) < 4.78 is 14.0. The zero-order valence-electron chi connectivity index (χ0n) is 12.8. The van der Waals surface area contributed by atoms with Gasteiger partial charge in [-0.15, -0.1) is 0 Å². The third-order valence-corrected chi connectivity index (χ3v) is 5.11. The second-order valence-corrected chi connectivity index (χ2v) is 6.59. The van der Waals surface area contributed by atoms with Gasteiger partial charge in [0.05, 0.1) is 5.56 Å². The summed E-state index contributed by atoms with van der Waals surface area (Å²) in [5, 5.41) is 0. The molecule has 1 saturated heterocycles. The average Bonchev–Trinajstić information content (AvgIpc) is 2.99. The quantitative estimate of drug-likeness (QED) is 0.794. The van der Waals surface area contributed by atoms with Crippen LogP contribution >= 0.6 is 0 Å². The Morgan fingerprint density at radius 3 is 2.67 bits per heavy atom. The van der Waals surface area contributed by atoms with Crippen molar-refractivity contribution in [1.82, 2.24) is 4.90 Å². The molecule has 1 aliphatic heterocycles. The van der Waals surface area contributed by atoms with E-state index in [1.54, 1.807) is 12.1 Å². The van der Waals surface area contributed by atoms with E-state index >= 15 is 0 Å². The molecule has 114 valence electrons. The fourth-order valence-corrected chi connectivity index (χ4v) is 4.01. The molecule has 3 heteroatoms. The Kier molecular flexibility index (Phi) is 4.27. The maximum atomic E-state index is 14.0. The van der Waals surface area contributed by atoms with Crippen LogP contribution in [0.3, 0.4) is 0 Å². The summed E-state index contributed by atoms with van der Waals surface area (Å²) in [5.41, 5.74) is 1.19. The Hall–Kier alpha value is -1.38. The van der Waals surface area contributed by atoms with Crippen molar-refractivity contribution >= 4 is 5.91 Å². The molecule has 1 heterocycles. The lowest BCUT2D eigenvalue weighted by Gasteiger charge is -2.34. The molecule has 1 saturated carbocycles. The maximum absolute atomic E-state index is 14.0. The van der Waals surface area contributed by atoms with Gasteiger partial charge in [-0.1, -0.05) is 30.9 Å². The van der Waals surface area contributed by atoms with E-state index in [0.717, 1.165) is 24.9 Å². The van der Waals surface area contributed by atoms with Crippen molar-refractivity contribution < 1.29 is 9.18 Å². The molecule has 0 aromatic heterocycles. The zero-order valence-corrected chi connectivity index (χ0v) is 12.8. The van der Waals surface area contributed by atoms with E-state index in [-0.39, 0.29) is 17.3 Å². The molecule has 1 aromatic rings. The number of halogens is 1. The number of carbonyl (C=O) groups excluding carboxylic acids is 1. The van der Waals surface area contributed by atoms with E-state index in [0.29, 0.717) is 12.0 Å². The standard InChI is InChI=1S/C18H24FNO/c1-13-9-10-16(19)15(12-13)18(21)20-11-5-8-17(20)14-6-3-2-4-7-14/h9-10,12,14,17H,2-8,11H2,1H3. The molecular weight excluding hydrogens is 265 g/mol. The molecule has 0 spiro atoms. The lowest BCUT2D eigenvalue weighted by atomic mass is 9.83. The zero-order chi connectivity index (χ0) is 14.8. The van der Waals surface area contributed by atoms with Crippen LogP contribution in [0.4, 0.5) is 4.39 Å². The predicted molar refractivity (Wildman–Crippen MR) is 81.8 cm³/mol. The van der Waals surface area contributed by atoms with Gasteiger partial charge in [-0.3, -0.25) is 4.79 Å². The van der Waals surface area contributed by atoms with Crippen LogP contribution in [-0.2, 0) is 0 Å². The molecule has 0 radical (unpaired) electrons.